The molecule has 0 bridgehead atoms. The number of nitrogens with zero attached hydrogens (tertiary/aromatic N) is 3. The molecule has 2 atom stereocenters. The number of aliphatic hydroxyl groups is 1. The minimum absolute atomic E-state index is 0.0718. The number of ether oxygens (including phenoxy) is 1. The number of anilines is 1. The second kappa shape index (κ2) is 10.1. The normalized spacial score (nSPS) is 16.7. The molecule has 3 aromatic carbocycles. The first-order valence-corrected chi connectivity index (χ1v) is 12.3. The number of rotatable bonds is 8. The number of amides is 1. The predicted molar refractivity (Wildman–Crippen MR) is 138 cm³/mol. The Kier molecular flexibility index (Phi) is 6.75. The van der Waals surface area contributed by atoms with E-state index in [2.05, 4.69) is 19.1 Å². The van der Waals surface area contributed by atoms with Crippen molar-refractivity contribution < 1.29 is 14.6 Å². The molecule has 6 nitrogen and oxygen atoms in total. The van der Waals surface area contributed by atoms with E-state index in [-0.39, 0.29) is 18.4 Å². The highest BCUT2D eigenvalue weighted by atomic mass is 35.5. The number of benzene rings is 3. The minimum Gasteiger partial charge on any atom is -0.489 e. The number of carbonyl (C=O) groups is 1. The Morgan fingerprint density at radius 1 is 1.09 bits per heavy atom. The highest BCUT2D eigenvalue weighted by Gasteiger charge is 2.35. The zero-order valence-corrected chi connectivity index (χ0v) is 20.4. The van der Waals surface area contributed by atoms with Crippen molar-refractivity contribution in [2.24, 2.45) is 0 Å². The fraction of sp³-hybridized carbons (Fsp3) is 0.286. The number of aromatic nitrogens is 2. The molecule has 1 saturated heterocycles. The second-order valence-corrected chi connectivity index (χ2v) is 9.30. The molecule has 1 aliphatic rings. The van der Waals surface area contributed by atoms with Crippen molar-refractivity contribution in [3.05, 3.63) is 89.2 Å². The van der Waals surface area contributed by atoms with Crippen LogP contribution in [0.4, 0.5) is 5.69 Å². The summed E-state index contributed by atoms with van der Waals surface area (Å²) in [5.41, 5.74) is 3.93. The van der Waals surface area contributed by atoms with Gasteiger partial charge < -0.3 is 19.3 Å². The van der Waals surface area contributed by atoms with Gasteiger partial charge in [-0.3, -0.25) is 4.79 Å². The van der Waals surface area contributed by atoms with Gasteiger partial charge in [-0.2, -0.15) is 0 Å². The van der Waals surface area contributed by atoms with Crippen molar-refractivity contribution in [3.63, 3.8) is 0 Å². The van der Waals surface area contributed by atoms with E-state index >= 15 is 0 Å². The smallest absolute Gasteiger partial charge is 0.227 e. The Balaban J connectivity index is 1.37. The number of halogens is 1. The van der Waals surface area contributed by atoms with Crippen LogP contribution < -0.4 is 9.64 Å². The first kappa shape index (κ1) is 23.4. The summed E-state index contributed by atoms with van der Waals surface area (Å²) < 4.78 is 7.78. The van der Waals surface area contributed by atoms with Gasteiger partial charge in [-0.25, -0.2) is 4.98 Å². The Morgan fingerprint density at radius 3 is 2.60 bits per heavy atom. The summed E-state index contributed by atoms with van der Waals surface area (Å²) in [5.74, 6) is 1.36. The molecule has 0 aliphatic carbocycles. The van der Waals surface area contributed by atoms with E-state index in [1.54, 1.807) is 12.1 Å². The maximum atomic E-state index is 13.0. The number of fused-ring (bicyclic) bond motifs is 1. The van der Waals surface area contributed by atoms with Crippen LogP contribution in [0, 0.1) is 0 Å². The first-order chi connectivity index (χ1) is 17.0. The molecule has 7 heteroatoms. The molecule has 1 aliphatic heterocycles. The van der Waals surface area contributed by atoms with Gasteiger partial charge in [0, 0.05) is 24.6 Å². The molecule has 5 rings (SSSR count). The number of imidazole rings is 1. The number of hydrogen-bond donors (Lipinski definition) is 1. The molecule has 0 saturated carbocycles. The topological polar surface area (TPSA) is 67.6 Å². The van der Waals surface area contributed by atoms with E-state index in [1.165, 1.54) is 5.56 Å². The van der Waals surface area contributed by atoms with Crippen LogP contribution >= 0.6 is 11.6 Å². The highest BCUT2D eigenvalue weighted by molar-refractivity contribution is 6.32. The van der Waals surface area contributed by atoms with Gasteiger partial charge in [0.15, 0.2) is 0 Å². The molecule has 180 valence electrons. The number of hydrogen-bond acceptors (Lipinski definition) is 4. The van der Waals surface area contributed by atoms with Crippen LogP contribution in [-0.4, -0.2) is 39.8 Å². The van der Waals surface area contributed by atoms with Crippen LogP contribution in [0.2, 0.25) is 5.02 Å². The fourth-order valence-corrected chi connectivity index (χ4v) is 4.84. The lowest BCUT2D eigenvalue weighted by Gasteiger charge is -2.19. The van der Waals surface area contributed by atoms with Gasteiger partial charge in [0.25, 0.3) is 0 Å². The van der Waals surface area contributed by atoms with Gasteiger partial charge >= 0.3 is 0 Å². The summed E-state index contributed by atoms with van der Waals surface area (Å²) in [7, 11) is 0. The third kappa shape index (κ3) is 4.90. The average molecular weight is 490 g/mol. The lowest BCUT2D eigenvalue weighted by atomic mass is 10.1. The molecule has 35 heavy (non-hydrogen) atoms. The van der Waals surface area contributed by atoms with Crippen LogP contribution in [0.1, 0.15) is 30.7 Å². The summed E-state index contributed by atoms with van der Waals surface area (Å²) in [6.07, 6.45) is 0.562. The summed E-state index contributed by atoms with van der Waals surface area (Å²) in [6.45, 7) is 3.07. The second-order valence-electron chi connectivity index (χ2n) is 8.89. The molecule has 1 fully saturated rings. The van der Waals surface area contributed by atoms with E-state index in [0.29, 0.717) is 30.3 Å². The molecule has 0 spiro atoms. The summed E-state index contributed by atoms with van der Waals surface area (Å²) in [4.78, 5) is 19.7. The van der Waals surface area contributed by atoms with Crippen LogP contribution in [0.5, 0.6) is 5.75 Å². The molecule has 2 heterocycles. The van der Waals surface area contributed by atoms with Crippen molar-refractivity contribution >= 4 is 34.2 Å². The largest absolute Gasteiger partial charge is 0.489 e. The third-order valence-electron chi connectivity index (χ3n) is 6.49. The van der Waals surface area contributed by atoms with Crippen LogP contribution in [0.3, 0.4) is 0 Å². The highest BCUT2D eigenvalue weighted by Crippen LogP contribution is 2.33. The van der Waals surface area contributed by atoms with E-state index < -0.39 is 6.10 Å². The first-order valence-electron chi connectivity index (χ1n) is 11.9. The van der Waals surface area contributed by atoms with Crippen LogP contribution in [0.25, 0.3) is 11.0 Å². The molecule has 0 unspecified atom stereocenters. The van der Waals surface area contributed by atoms with E-state index in [1.807, 2.05) is 58.0 Å². The molecular weight excluding hydrogens is 462 g/mol. The molecule has 1 N–H and O–H groups in total. The fourth-order valence-electron chi connectivity index (χ4n) is 4.65. The molecule has 4 aromatic rings. The van der Waals surface area contributed by atoms with Crippen molar-refractivity contribution in [1.29, 1.82) is 0 Å². The summed E-state index contributed by atoms with van der Waals surface area (Å²) >= 11 is 6.18. The maximum absolute atomic E-state index is 13.0. The van der Waals surface area contributed by atoms with Gasteiger partial charge in [-0.15, -0.1) is 0 Å². The van der Waals surface area contributed by atoms with Crippen LogP contribution in [0.15, 0.2) is 72.8 Å². The van der Waals surface area contributed by atoms with Crippen molar-refractivity contribution in [3.8, 4) is 5.75 Å². The SMILES string of the molecule is CCc1ccc(N2C[C@@H](c3nc4ccccc4n3C[C@@H](O)COc3ccccc3Cl)CC2=O)cc1. The van der Waals surface area contributed by atoms with Gasteiger partial charge in [-0.1, -0.05) is 54.9 Å². The number of carbonyl (C=O) groups excluding carboxylic acids is 1. The Bertz CT molecular complexity index is 1340. The van der Waals surface area contributed by atoms with Crippen molar-refractivity contribution in [2.45, 2.75) is 38.3 Å². The lowest BCUT2D eigenvalue weighted by molar-refractivity contribution is -0.117. The number of para-hydroxylation sites is 3. The zero-order chi connectivity index (χ0) is 24.4. The quantitative estimate of drug-likeness (QED) is 0.369. The Labute approximate surface area is 209 Å². The Hall–Kier alpha value is -3.35. The van der Waals surface area contributed by atoms with E-state index in [0.717, 1.165) is 29.0 Å². The third-order valence-corrected chi connectivity index (χ3v) is 6.80. The van der Waals surface area contributed by atoms with Gasteiger partial charge in [0.05, 0.1) is 22.6 Å². The summed E-state index contributed by atoms with van der Waals surface area (Å²) in [6, 6.07) is 23.2. The average Bonchev–Trinajstić information content (AvgIpc) is 3.44. The molecule has 1 aromatic heterocycles. The molecular formula is C28H28ClN3O3. The number of aliphatic hydroxyl groups excluding tert-OH is 1. The van der Waals surface area contributed by atoms with Crippen molar-refractivity contribution in [1.82, 2.24) is 9.55 Å². The van der Waals surface area contributed by atoms with E-state index in [9.17, 15) is 9.90 Å². The predicted octanol–water partition coefficient (Wildman–Crippen LogP) is 5.21. The lowest BCUT2D eigenvalue weighted by Crippen LogP contribution is -2.26. The summed E-state index contributed by atoms with van der Waals surface area (Å²) in [5, 5.41) is 11.3. The monoisotopic (exact) mass is 489 g/mol. The Morgan fingerprint density at radius 2 is 1.83 bits per heavy atom. The van der Waals surface area contributed by atoms with Crippen molar-refractivity contribution in [2.75, 3.05) is 18.1 Å². The van der Waals surface area contributed by atoms with Gasteiger partial charge in [0.1, 0.15) is 24.3 Å². The molecule has 1 amide bonds. The standard InChI is InChI=1S/C28H28ClN3O3/c1-2-19-11-13-21(14-12-19)31-16-20(15-27(31)34)28-30-24-8-4-5-9-25(24)32(28)17-22(33)18-35-26-10-6-3-7-23(26)29/h3-14,20,22,33H,2,15-18H2,1H3/t20-,22+/m0/s1. The molecule has 0 radical (unpaired) electrons. The zero-order valence-electron chi connectivity index (χ0n) is 19.6. The number of aryl methyl sites for hydroxylation is 1. The van der Waals surface area contributed by atoms with Crippen LogP contribution in [-0.2, 0) is 17.8 Å². The van der Waals surface area contributed by atoms with Gasteiger partial charge in [0.2, 0.25) is 5.91 Å². The minimum atomic E-state index is -0.780. The maximum Gasteiger partial charge on any atom is 0.227 e. The van der Waals surface area contributed by atoms with Gasteiger partial charge in [-0.05, 0) is 48.4 Å². The van der Waals surface area contributed by atoms with E-state index in [4.69, 9.17) is 21.3 Å².